The number of pyridine rings is 1. The van der Waals surface area contributed by atoms with Gasteiger partial charge >= 0.3 is 5.97 Å². The Kier molecular flexibility index (Phi) is 3.29. The first-order chi connectivity index (χ1) is 7.00. The normalized spacial score (nSPS) is 14.5. The number of rotatable bonds is 4. The highest BCUT2D eigenvalue weighted by atomic mass is 16.4. The van der Waals surface area contributed by atoms with Crippen LogP contribution in [0.5, 0.6) is 0 Å². The first-order valence-electron chi connectivity index (χ1n) is 4.93. The highest BCUT2D eigenvalue weighted by Gasteiger charge is 2.32. The summed E-state index contributed by atoms with van der Waals surface area (Å²) in [6, 6.07) is 2.74. The molecule has 1 aromatic rings. The molecule has 1 rings (SSSR count). The molecule has 1 unspecified atom stereocenters. The van der Waals surface area contributed by atoms with Gasteiger partial charge in [0.25, 0.3) is 0 Å². The summed E-state index contributed by atoms with van der Waals surface area (Å²) in [5.74, 6) is -0.881. The second kappa shape index (κ2) is 4.29. The molecule has 15 heavy (non-hydrogen) atoms. The molecule has 1 aromatic heterocycles. The maximum atomic E-state index is 11.2. The van der Waals surface area contributed by atoms with Crippen molar-refractivity contribution >= 4 is 5.97 Å². The predicted octanol–water partition coefficient (Wildman–Crippen LogP) is 1.45. The summed E-state index contributed by atoms with van der Waals surface area (Å²) < 4.78 is 1.57. The minimum atomic E-state index is -0.970. The smallest absolute Gasteiger partial charge is 0.329 e. The number of carboxylic acids is 1. The fraction of sp³-hybridized carbons (Fsp3) is 0.455. The van der Waals surface area contributed by atoms with Crippen LogP contribution in [0.4, 0.5) is 0 Å². The Morgan fingerprint density at radius 3 is 2.40 bits per heavy atom. The highest BCUT2D eigenvalue weighted by molar-refractivity contribution is 5.76. The van der Waals surface area contributed by atoms with Crippen molar-refractivity contribution in [2.45, 2.75) is 32.2 Å². The molecule has 0 radical (unpaired) electrons. The molecule has 4 heteroatoms. The van der Waals surface area contributed by atoms with Gasteiger partial charge in [0.1, 0.15) is 5.54 Å². The highest BCUT2D eigenvalue weighted by Crippen LogP contribution is 2.21. The first-order valence-corrected chi connectivity index (χ1v) is 4.93. The molecule has 0 aliphatic carbocycles. The zero-order valence-corrected chi connectivity index (χ0v) is 8.93. The predicted molar refractivity (Wildman–Crippen MR) is 56.9 cm³/mol. The molecule has 1 heterocycles. The molecular formula is C11H15NO3. The van der Waals surface area contributed by atoms with Gasteiger partial charge in [-0.25, -0.2) is 4.79 Å². The molecular weight excluding hydrogens is 194 g/mol. The topological polar surface area (TPSA) is 59.3 Å². The van der Waals surface area contributed by atoms with E-state index in [4.69, 9.17) is 0 Å². The minimum Gasteiger partial charge on any atom is -0.479 e. The van der Waals surface area contributed by atoms with E-state index in [1.54, 1.807) is 11.5 Å². The standard InChI is InChI=1S/C11H15NO3/c1-3-6-11(2,10(14)15)12-7-4-9(13)5-8-12/h4-5,7-8H,3,6H2,1-2H3,(H,14,15). The van der Waals surface area contributed by atoms with E-state index in [0.29, 0.717) is 6.42 Å². The van der Waals surface area contributed by atoms with E-state index in [0.717, 1.165) is 6.42 Å². The molecule has 0 amide bonds. The molecule has 4 nitrogen and oxygen atoms in total. The van der Waals surface area contributed by atoms with Crippen LogP contribution < -0.4 is 5.43 Å². The average Bonchev–Trinajstić information content (AvgIpc) is 2.18. The Balaban J connectivity index is 3.15. The SMILES string of the molecule is CCCC(C)(C(=O)O)n1ccc(=O)cc1. The van der Waals surface area contributed by atoms with Gasteiger partial charge in [-0.1, -0.05) is 13.3 Å². The number of aromatic nitrogens is 1. The van der Waals surface area contributed by atoms with Gasteiger partial charge in [0.05, 0.1) is 0 Å². The van der Waals surface area contributed by atoms with Crippen LogP contribution >= 0.6 is 0 Å². The van der Waals surface area contributed by atoms with E-state index in [1.807, 2.05) is 6.92 Å². The first kappa shape index (κ1) is 11.5. The lowest BCUT2D eigenvalue weighted by Crippen LogP contribution is -2.38. The van der Waals surface area contributed by atoms with Crippen molar-refractivity contribution < 1.29 is 9.90 Å². The summed E-state index contributed by atoms with van der Waals surface area (Å²) in [5, 5.41) is 9.19. The van der Waals surface area contributed by atoms with Crippen molar-refractivity contribution in [2.75, 3.05) is 0 Å². The van der Waals surface area contributed by atoms with Gasteiger partial charge in [-0.05, 0) is 13.3 Å². The summed E-state index contributed by atoms with van der Waals surface area (Å²) >= 11 is 0. The van der Waals surface area contributed by atoms with Gasteiger partial charge in [0.2, 0.25) is 0 Å². The molecule has 0 aliphatic rings. The van der Waals surface area contributed by atoms with Crippen LogP contribution in [-0.2, 0) is 10.3 Å². The van der Waals surface area contributed by atoms with Gasteiger partial charge in [0.15, 0.2) is 5.43 Å². The van der Waals surface area contributed by atoms with Gasteiger partial charge in [-0.3, -0.25) is 4.79 Å². The van der Waals surface area contributed by atoms with Crippen LogP contribution in [0.25, 0.3) is 0 Å². The van der Waals surface area contributed by atoms with Crippen molar-refractivity contribution in [1.82, 2.24) is 4.57 Å². The number of hydrogen-bond donors (Lipinski definition) is 1. The lowest BCUT2D eigenvalue weighted by atomic mass is 9.96. The van der Waals surface area contributed by atoms with Crippen LogP contribution in [-0.4, -0.2) is 15.6 Å². The fourth-order valence-corrected chi connectivity index (χ4v) is 1.58. The van der Waals surface area contributed by atoms with E-state index in [-0.39, 0.29) is 5.43 Å². The number of hydrogen-bond acceptors (Lipinski definition) is 2. The Labute approximate surface area is 88.2 Å². The summed E-state index contributed by atoms with van der Waals surface area (Å²) in [5.41, 5.74) is -1.09. The Bertz CT molecular complexity index is 390. The van der Waals surface area contributed by atoms with Crippen molar-refractivity contribution in [2.24, 2.45) is 0 Å². The maximum Gasteiger partial charge on any atom is 0.329 e. The van der Waals surface area contributed by atoms with Crippen molar-refractivity contribution in [3.8, 4) is 0 Å². The summed E-state index contributed by atoms with van der Waals surface area (Å²) in [6.07, 6.45) is 4.35. The molecule has 1 atom stereocenters. The lowest BCUT2D eigenvalue weighted by molar-refractivity contribution is -0.147. The third-order valence-corrected chi connectivity index (χ3v) is 2.57. The number of carboxylic acid groups (broad SMARTS) is 1. The van der Waals surface area contributed by atoms with Crippen LogP contribution in [0, 0.1) is 0 Å². The average molecular weight is 209 g/mol. The minimum absolute atomic E-state index is 0.115. The molecule has 0 saturated carbocycles. The maximum absolute atomic E-state index is 11.2. The van der Waals surface area contributed by atoms with Crippen LogP contribution in [0.1, 0.15) is 26.7 Å². The van der Waals surface area contributed by atoms with E-state index in [9.17, 15) is 14.7 Å². The van der Waals surface area contributed by atoms with E-state index >= 15 is 0 Å². The Morgan fingerprint density at radius 2 is 2.00 bits per heavy atom. The van der Waals surface area contributed by atoms with Crippen LogP contribution in [0.15, 0.2) is 29.3 Å². The summed E-state index contributed by atoms with van der Waals surface area (Å²) in [4.78, 5) is 22.1. The van der Waals surface area contributed by atoms with Gasteiger partial charge in [0, 0.05) is 24.5 Å². The third kappa shape index (κ3) is 2.26. The zero-order chi connectivity index (χ0) is 11.5. The largest absolute Gasteiger partial charge is 0.479 e. The van der Waals surface area contributed by atoms with E-state index in [2.05, 4.69) is 0 Å². The van der Waals surface area contributed by atoms with Gasteiger partial charge < -0.3 is 9.67 Å². The molecule has 0 aliphatic heterocycles. The number of carbonyl (C=O) groups is 1. The number of nitrogens with zero attached hydrogens (tertiary/aromatic N) is 1. The summed E-state index contributed by atoms with van der Waals surface area (Å²) in [6.45, 7) is 3.59. The molecule has 0 fully saturated rings. The van der Waals surface area contributed by atoms with Crippen molar-refractivity contribution in [1.29, 1.82) is 0 Å². The monoisotopic (exact) mass is 209 g/mol. The second-order valence-electron chi connectivity index (χ2n) is 3.77. The molecule has 1 N–H and O–H groups in total. The van der Waals surface area contributed by atoms with Gasteiger partial charge in [-0.2, -0.15) is 0 Å². The molecule has 0 spiro atoms. The Morgan fingerprint density at radius 1 is 1.47 bits per heavy atom. The van der Waals surface area contributed by atoms with Crippen LogP contribution in [0.2, 0.25) is 0 Å². The fourth-order valence-electron chi connectivity index (χ4n) is 1.58. The molecule has 82 valence electrons. The second-order valence-corrected chi connectivity index (χ2v) is 3.77. The van der Waals surface area contributed by atoms with Crippen molar-refractivity contribution in [3.05, 3.63) is 34.7 Å². The lowest BCUT2D eigenvalue weighted by Gasteiger charge is -2.27. The quantitative estimate of drug-likeness (QED) is 0.816. The van der Waals surface area contributed by atoms with Gasteiger partial charge in [-0.15, -0.1) is 0 Å². The van der Waals surface area contributed by atoms with E-state index < -0.39 is 11.5 Å². The Hall–Kier alpha value is -1.58. The zero-order valence-electron chi connectivity index (χ0n) is 8.93. The summed E-state index contributed by atoms with van der Waals surface area (Å²) in [7, 11) is 0. The van der Waals surface area contributed by atoms with E-state index in [1.165, 1.54) is 24.5 Å². The molecule has 0 bridgehead atoms. The molecule has 0 aromatic carbocycles. The van der Waals surface area contributed by atoms with Crippen molar-refractivity contribution in [3.63, 3.8) is 0 Å². The number of aliphatic carboxylic acids is 1. The van der Waals surface area contributed by atoms with Crippen LogP contribution in [0.3, 0.4) is 0 Å². The third-order valence-electron chi connectivity index (χ3n) is 2.57. The molecule has 0 saturated heterocycles.